The van der Waals surface area contributed by atoms with Crippen LogP contribution < -0.4 is 10.6 Å². The van der Waals surface area contributed by atoms with Gasteiger partial charge in [-0.15, -0.1) is 5.10 Å². The predicted octanol–water partition coefficient (Wildman–Crippen LogP) is 0.427. The monoisotopic (exact) mass is 235 g/mol. The average Bonchev–Trinajstić information content (AvgIpc) is 2.98. The van der Waals surface area contributed by atoms with Gasteiger partial charge in [0.2, 0.25) is 11.8 Å². The van der Waals surface area contributed by atoms with E-state index in [0.29, 0.717) is 17.7 Å². The number of aromatic amines is 1. The first-order valence-corrected chi connectivity index (χ1v) is 5.60. The molecule has 0 unspecified atom stereocenters. The molecule has 1 aliphatic heterocycles. The molecule has 0 amide bonds. The van der Waals surface area contributed by atoms with E-state index in [-0.39, 0.29) is 5.95 Å². The van der Waals surface area contributed by atoms with Gasteiger partial charge in [0.1, 0.15) is 0 Å². The fraction of sp³-hybridized carbons (Fsp3) is 0.556. The molecule has 1 aliphatic rings. The first-order valence-electron chi connectivity index (χ1n) is 5.60. The minimum atomic E-state index is 0.165. The molecule has 0 aliphatic carbocycles. The van der Waals surface area contributed by atoms with Crippen molar-refractivity contribution in [2.24, 2.45) is 0 Å². The molecule has 8 nitrogen and oxygen atoms in total. The molecular weight excluding hydrogens is 222 g/mol. The zero-order chi connectivity index (χ0) is 11.7. The van der Waals surface area contributed by atoms with Crippen molar-refractivity contribution in [1.82, 2.24) is 25.3 Å². The molecule has 2 aromatic rings. The SMILES string of the molecule is Nc1n[nH]c(-c2nc(N3CCCCC3)no2)n1. The molecule has 0 spiro atoms. The average molecular weight is 235 g/mol. The lowest BCUT2D eigenvalue weighted by Crippen LogP contribution is -2.30. The number of aromatic nitrogens is 5. The van der Waals surface area contributed by atoms with Crippen LogP contribution in [0.5, 0.6) is 0 Å². The van der Waals surface area contributed by atoms with Crippen LogP contribution in [0.15, 0.2) is 4.52 Å². The number of hydrogen-bond donors (Lipinski definition) is 2. The van der Waals surface area contributed by atoms with Gasteiger partial charge in [-0.3, -0.25) is 5.10 Å². The molecule has 3 N–H and O–H groups in total. The van der Waals surface area contributed by atoms with Crippen molar-refractivity contribution in [3.8, 4) is 11.7 Å². The van der Waals surface area contributed by atoms with Crippen LogP contribution in [0.2, 0.25) is 0 Å². The summed E-state index contributed by atoms with van der Waals surface area (Å²) in [5.74, 6) is 1.49. The van der Waals surface area contributed by atoms with Gasteiger partial charge in [-0.1, -0.05) is 0 Å². The highest BCUT2D eigenvalue weighted by Gasteiger charge is 2.18. The summed E-state index contributed by atoms with van der Waals surface area (Å²) in [4.78, 5) is 10.3. The number of hydrogen-bond acceptors (Lipinski definition) is 7. The summed E-state index contributed by atoms with van der Waals surface area (Å²) in [5, 5.41) is 10.3. The number of anilines is 2. The summed E-state index contributed by atoms with van der Waals surface area (Å²) < 4.78 is 5.13. The number of nitrogens with two attached hydrogens (primary N) is 1. The van der Waals surface area contributed by atoms with Crippen LogP contribution in [0.1, 0.15) is 19.3 Å². The maximum atomic E-state index is 5.41. The fourth-order valence-corrected chi connectivity index (χ4v) is 1.90. The standard InChI is InChI=1S/C9H13N7O/c10-8-11-6(13-14-8)7-12-9(15-17-7)16-4-2-1-3-5-16/h1-5H2,(H3,10,11,13,14). The molecule has 0 aromatic carbocycles. The Kier molecular flexibility index (Phi) is 2.39. The molecule has 0 atom stereocenters. The van der Waals surface area contributed by atoms with Crippen LogP contribution in [0, 0.1) is 0 Å². The predicted molar refractivity (Wildman–Crippen MR) is 60.2 cm³/mol. The van der Waals surface area contributed by atoms with Crippen molar-refractivity contribution < 1.29 is 4.52 Å². The van der Waals surface area contributed by atoms with E-state index >= 15 is 0 Å². The molecule has 2 aromatic heterocycles. The summed E-state index contributed by atoms with van der Waals surface area (Å²) in [7, 11) is 0. The van der Waals surface area contributed by atoms with Gasteiger partial charge in [-0.2, -0.15) is 9.97 Å². The maximum Gasteiger partial charge on any atom is 0.296 e. The van der Waals surface area contributed by atoms with Crippen molar-refractivity contribution in [2.75, 3.05) is 23.7 Å². The van der Waals surface area contributed by atoms with E-state index in [1.54, 1.807) is 0 Å². The number of nitrogens with one attached hydrogen (secondary N) is 1. The van der Waals surface area contributed by atoms with Crippen LogP contribution in [0.25, 0.3) is 11.7 Å². The third kappa shape index (κ3) is 1.93. The van der Waals surface area contributed by atoms with Crippen LogP contribution in [-0.2, 0) is 0 Å². The van der Waals surface area contributed by atoms with Gasteiger partial charge in [0, 0.05) is 13.1 Å². The van der Waals surface area contributed by atoms with Crippen LogP contribution in [0.4, 0.5) is 11.9 Å². The Morgan fingerprint density at radius 2 is 2.00 bits per heavy atom. The minimum Gasteiger partial charge on any atom is -0.366 e. The maximum absolute atomic E-state index is 5.41. The number of H-pyrrole nitrogens is 1. The Balaban J connectivity index is 1.82. The summed E-state index contributed by atoms with van der Waals surface area (Å²) in [6.07, 6.45) is 3.60. The lowest BCUT2D eigenvalue weighted by Gasteiger charge is -2.24. The van der Waals surface area contributed by atoms with E-state index in [9.17, 15) is 0 Å². The quantitative estimate of drug-likeness (QED) is 0.776. The van der Waals surface area contributed by atoms with Crippen LogP contribution >= 0.6 is 0 Å². The summed E-state index contributed by atoms with van der Waals surface area (Å²) in [5.41, 5.74) is 5.41. The van der Waals surface area contributed by atoms with Gasteiger partial charge in [0.05, 0.1) is 0 Å². The van der Waals surface area contributed by atoms with Gasteiger partial charge in [-0.05, 0) is 24.4 Å². The van der Waals surface area contributed by atoms with Crippen molar-refractivity contribution >= 4 is 11.9 Å². The van der Waals surface area contributed by atoms with E-state index < -0.39 is 0 Å². The van der Waals surface area contributed by atoms with Gasteiger partial charge in [-0.25, -0.2) is 0 Å². The van der Waals surface area contributed by atoms with Gasteiger partial charge < -0.3 is 15.2 Å². The molecule has 0 radical (unpaired) electrons. The van der Waals surface area contributed by atoms with E-state index in [2.05, 4.69) is 30.2 Å². The highest BCUT2D eigenvalue weighted by atomic mass is 16.5. The van der Waals surface area contributed by atoms with Gasteiger partial charge >= 0.3 is 0 Å². The minimum absolute atomic E-state index is 0.165. The van der Waals surface area contributed by atoms with Crippen molar-refractivity contribution in [3.63, 3.8) is 0 Å². The van der Waals surface area contributed by atoms with E-state index in [1.807, 2.05) is 0 Å². The normalized spacial score (nSPS) is 16.4. The van der Waals surface area contributed by atoms with Gasteiger partial charge in [0.15, 0.2) is 0 Å². The molecule has 90 valence electrons. The highest BCUT2D eigenvalue weighted by molar-refractivity contribution is 5.45. The topological polar surface area (TPSA) is 110 Å². The summed E-state index contributed by atoms with van der Waals surface area (Å²) >= 11 is 0. The second kappa shape index (κ2) is 4.04. The Morgan fingerprint density at radius 1 is 1.18 bits per heavy atom. The summed E-state index contributed by atoms with van der Waals surface area (Å²) in [6, 6.07) is 0. The number of nitrogen functional groups attached to an aromatic ring is 1. The largest absolute Gasteiger partial charge is 0.366 e. The van der Waals surface area contributed by atoms with Crippen molar-refractivity contribution in [3.05, 3.63) is 0 Å². The van der Waals surface area contributed by atoms with Crippen LogP contribution in [0.3, 0.4) is 0 Å². The molecular formula is C9H13N7O. The second-order valence-corrected chi connectivity index (χ2v) is 3.99. The Morgan fingerprint density at radius 3 is 2.71 bits per heavy atom. The Labute approximate surface area is 97.2 Å². The third-order valence-electron chi connectivity index (χ3n) is 2.76. The molecule has 1 saturated heterocycles. The lowest BCUT2D eigenvalue weighted by molar-refractivity contribution is 0.424. The van der Waals surface area contributed by atoms with Crippen LogP contribution in [-0.4, -0.2) is 38.4 Å². The zero-order valence-corrected chi connectivity index (χ0v) is 9.26. The zero-order valence-electron chi connectivity index (χ0n) is 9.26. The van der Waals surface area contributed by atoms with Crippen molar-refractivity contribution in [1.29, 1.82) is 0 Å². The molecule has 3 heterocycles. The number of rotatable bonds is 2. The molecule has 3 rings (SSSR count). The van der Waals surface area contributed by atoms with E-state index in [4.69, 9.17) is 10.3 Å². The molecule has 0 saturated carbocycles. The number of piperidine rings is 1. The highest BCUT2D eigenvalue weighted by Crippen LogP contribution is 2.20. The second-order valence-electron chi connectivity index (χ2n) is 3.99. The van der Waals surface area contributed by atoms with Crippen molar-refractivity contribution in [2.45, 2.75) is 19.3 Å². The summed E-state index contributed by atoms with van der Waals surface area (Å²) in [6.45, 7) is 1.94. The Hall–Kier alpha value is -2.12. The number of nitrogens with zero attached hydrogens (tertiary/aromatic N) is 5. The first-order chi connectivity index (χ1) is 8.33. The van der Waals surface area contributed by atoms with E-state index in [0.717, 1.165) is 13.1 Å². The Bertz CT molecular complexity index is 499. The fourth-order valence-electron chi connectivity index (χ4n) is 1.90. The first kappa shape index (κ1) is 10.1. The molecule has 17 heavy (non-hydrogen) atoms. The lowest BCUT2D eigenvalue weighted by atomic mass is 10.1. The smallest absolute Gasteiger partial charge is 0.296 e. The molecule has 0 bridgehead atoms. The van der Waals surface area contributed by atoms with E-state index in [1.165, 1.54) is 19.3 Å². The molecule has 8 heteroatoms. The third-order valence-corrected chi connectivity index (χ3v) is 2.76. The molecule has 1 fully saturated rings. The van der Waals surface area contributed by atoms with Gasteiger partial charge in [0.25, 0.3) is 11.8 Å².